The van der Waals surface area contributed by atoms with Crippen LogP contribution in [0.4, 0.5) is 0 Å². The van der Waals surface area contributed by atoms with Crippen molar-refractivity contribution in [2.24, 2.45) is 28.6 Å². The Labute approximate surface area is 133 Å². The first-order chi connectivity index (χ1) is 10.3. The molecule has 4 aliphatic rings. The fourth-order valence-electron chi connectivity index (χ4n) is 6.35. The van der Waals surface area contributed by atoms with Gasteiger partial charge in [-0.25, -0.2) is 0 Å². The van der Waals surface area contributed by atoms with E-state index in [-0.39, 0.29) is 16.6 Å². The average Bonchev–Trinajstić information content (AvgIpc) is 2.70. The molecule has 0 amide bonds. The highest BCUT2D eigenvalue weighted by atomic mass is 16.3. The van der Waals surface area contributed by atoms with E-state index in [0.717, 1.165) is 25.7 Å². The number of fused-ring (bicyclic) bond motifs is 5. The van der Waals surface area contributed by atoms with Gasteiger partial charge in [-0.2, -0.15) is 0 Å². The SMILES string of the molecule is C[C@]12C=CC(=O)CC1=CC[C@@H]1[C@@H]2CC[C@@]2(C)[C@H]1CC[C@]2(C)O. The minimum Gasteiger partial charge on any atom is -0.390 e. The lowest BCUT2D eigenvalue weighted by atomic mass is 9.48. The number of ketones is 1. The summed E-state index contributed by atoms with van der Waals surface area (Å²) in [5, 5.41) is 10.9. The molecule has 2 nitrogen and oxygen atoms in total. The normalized spacial score (nSPS) is 53.5. The van der Waals surface area contributed by atoms with Gasteiger partial charge in [0.05, 0.1) is 5.60 Å². The first-order valence-corrected chi connectivity index (χ1v) is 8.92. The minimum atomic E-state index is -0.508. The van der Waals surface area contributed by atoms with E-state index in [4.69, 9.17) is 0 Å². The molecule has 2 heteroatoms. The molecule has 0 aromatic carbocycles. The number of allylic oxidation sites excluding steroid dienone is 4. The van der Waals surface area contributed by atoms with E-state index >= 15 is 0 Å². The smallest absolute Gasteiger partial charge is 0.159 e. The second-order valence-corrected chi connectivity index (χ2v) is 8.87. The Morgan fingerprint density at radius 3 is 2.64 bits per heavy atom. The highest BCUT2D eigenvalue weighted by molar-refractivity contribution is 5.93. The number of aliphatic hydroxyl groups is 1. The Morgan fingerprint density at radius 1 is 1.14 bits per heavy atom. The average molecular weight is 300 g/mol. The zero-order valence-electron chi connectivity index (χ0n) is 14.1. The van der Waals surface area contributed by atoms with Crippen LogP contribution in [0.15, 0.2) is 23.8 Å². The van der Waals surface area contributed by atoms with Gasteiger partial charge < -0.3 is 5.11 Å². The van der Waals surface area contributed by atoms with Gasteiger partial charge >= 0.3 is 0 Å². The molecule has 0 bridgehead atoms. The van der Waals surface area contributed by atoms with Crippen molar-refractivity contribution in [3.63, 3.8) is 0 Å². The van der Waals surface area contributed by atoms with E-state index in [1.807, 2.05) is 6.08 Å². The Bertz CT molecular complexity index is 585. The zero-order chi connectivity index (χ0) is 15.8. The lowest BCUT2D eigenvalue weighted by Gasteiger charge is -2.57. The first-order valence-electron chi connectivity index (χ1n) is 8.92. The molecule has 0 unspecified atom stereocenters. The van der Waals surface area contributed by atoms with Gasteiger partial charge in [0, 0.05) is 11.8 Å². The molecule has 2 saturated carbocycles. The molecule has 1 N–H and O–H groups in total. The van der Waals surface area contributed by atoms with Gasteiger partial charge in [0.2, 0.25) is 0 Å². The van der Waals surface area contributed by atoms with Crippen molar-refractivity contribution in [3.05, 3.63) is 23.8 Å². The maximum atomic E-state index is 11.8. The molecule has 4 rings (SSSR count). The highest BCUT2D eigenvalue weighted by Gasteiger charge is 2.61. The fraction of sp³-hybridized carbons (Fsp3) is 0.750. The molecule has 0 saturated heterocycles. The summed E-state index contributed by atoms with van der Waals surface area (Å²) in [5.74, 6) is 2.19. The molecule has 4 aliphatic carbocycles. The summed E-state index contributed by atoms with van der Waals surface area (Å²) in [7, 11) is 0. The molecule has 0 heterocycles. The summed E-state index contributed by atoms with van der Waals surface area (Å²) in [5.41, 5.74) is 0.998. The molecule has 0 radical (unpaired) electrons. The number of hydrogen-bond acceptors (Lipinski definition) is 2. The standard InChI is InChI=1S/C20H28O2/c1-18-9-6-14(21)12-13(18)4-5-15-16(18)7-10-19(2)17(15)8-11-20(19,3)22/h4,6,9,15-17,22H,5,7-8,10-12H2,1-3H3/t15-,16+,17+,18+,19+,20+/m1/s1. The van der Waals surface area contributed by atoms with Gasteiger partial charge in [-0.3, -0.25) is 4.79 Å². The van der Waals surface area contributed by atoms with Crippen LogP contribution in [0.1, 0.15) is 59.3 Å². The van der Waals surface area contributed by atoms with Crippen molar-refractivity contribution in [3.8, 4) is 0 Å². The fourth-order valence-corrected chi connectivity index (χ4v) is 6.35. The zero-order valence-corrected chi connectivity index (χ0v) is 14.1. The third-order valence-corrected chi connectivity index (χ3v) is 8.08. The summed E-state index contributed by atoms with van der Waals surface area (Å²) in [6.07, 6.45) is 12.5. The van der Waals surface area contributed by atoms with Gasteiger partial charge in [0.15, 0.2) is 5.78 Å². The van der Waals surface area contributed by atoms with Crippen molar-refractivity contribution in [1.82, 2.24) is 0 Å². The van der Waals surface area contributed by atoms with Crippen molar-refractivity contribution in [2.45, 2.75) is 64.9 Å². The second kappa shape index (κ2) is 4.35. The summed E-state index contributed by atoms with van der Waals surface area (Å²) in [6, 6.07) is 0. The molecule has 6 atom stereocenters. The molecule has 0 aliphatic heterocycles. The Morgan fingerprint density at radius 2 is 1.86 bits per heavy atom. The monoisotopic (exact) mass is 300 g/mol. The van der Waals surface area contributed by atoms with Gasteiger partial charge in [-0.1, -0.05) is 31.6 Å². The molecule has 0 aromatic rings. The van der Waals surface area contributed by atoms with Crippen molar-refractivity contribution < 1.29 is 9.90 Å². The summed E-state index contributed by atoms with van der Waals surface area (Å²) in [4.78, 5) is 11.8. The van der Waals surface area contributed by atoms with E-state index in [9.17, 15) is 9.90 Å². The maximum Gasteiger partial charge on any atom is 0.159 e. The van der Waals surface area contributed by atoms with Crippen LogP contribution in [0.2, 0.25) is 0 Å². The number of hydrogen-bond donors (Lipinski definition) is 1. The maximum absolute atomic E-state index is 11.8. The van der Waals surface area contributed by atoms with Crippen molar-refractivity contribution >= 4 is 5.78 Å². The predicted molar refractivity (Wildman–Crippen MR) is 87.2 cm³/mol. The first kappa shape index (κ1) is 14.7. The van der Waals surface area contributed by atoms with Crippen LogP contribution in [0, 0.1) is 28.6 Å². The third kappa shape index (κ3) is 1.68. The van der Waals surface area contributed by atoms with E-state index < -0.39 is 5.60 Å². The van der Waals surface area contributed by atoms with Crippen LogP contribution in [0.3, 0.4) is 0 Å². The van der Waals surface area contributed by atoms with Crippen molar-refractivity contribution in [2.75, 3.05) is 0 Å². The van der Waals surface area contributed by atoms with E-state index in [1.54, 1.807) is 0 Å². The van der Waals surface area contributed by atoms with Crippen LogP contribution in [0.25, 0.3) is 0 Å². The molecular formula is C20H28O2. The van der Waals surface area contributed by atoms with Crippen LogP contribution >= 0.6 is 0 Å². The van der Waals surface area contributed by atoms with E-state index in [1.165, 1.54) is 12.0 Å². The largest absolute Gasteiger partial charge is 0.390 e. The van der Waals surface area contributed by atoms with Crippen LogP contribution in [0.5, 0.6) is 0 Å². The molecular weight excluding hydrogens is 272 g/mol. The Hall–Kier alpha value is -0.890. The Kier molecular flexibility index (Phi) is 2.90. The summed E-state index contributed by atoms with van der Waals surface area (Å²) >= 11 is 0. The predicted octanol–water partition coefficient (Wildman–Crippen LogP) is 4.05. The van der Waals surface area contributed by atoms with E-state index in [2.05, 4.69) is 32.9 Å². The summed E-state index contributed by atoms with van der Waals surface area (Å²) in [6.45, 7) is 6.72. The lowest BCUT2D eigenvalue weighted by molar-refractivity contribution is -0.116. The van der Waals surface area contributed by atoms with Gasteiger partial charge in [0.1, 0.15) is 0 Å². The van der Waals surface area contributed by atoms with Crippen LogP contribution < -0.4 is 0 Å². The topological polar surface area (TPSA) is 37.3 Å². The number of carbonyl (C=O) groups is 1. The number of carbonyl (C=O) groups excluding carboxylic acids is 1. The molecule has 2 fully saturated rings. The molecule has 22 heavy (non-hydrogen) atoms. The second-order valence-electron chi connectivity index (χ2n) is 8.87. The van der Waals surface area contributed by atoms with Crippen molar-refractivity contribution in [1.29, 1.82) is 0 Å². The van der Waals surface area contributed by atoms with Crippen LogP contribution in [-0.4, -0.2) is 16.5 Å². The van der Waals surface area contributed by atoms with Gasteiger partial charge in [0.25, 0.3) is 0 Å². The number of rotatable bonds is 0. The van der Waals surface area contributed by atoms with Crippen LogP contribution in [-0.2, 0) is 4.79 Å². The molecule has 0 spiro atoms. The molecule has 0 aromatic heterocycles. The molecule has 120 valence electrons. The summed E-state index contributed by atoms with van der Waals surface area (Å²) < 4.78 is 0. The highest BCUT2D eigenvalue weighted by Crippen LogP contribution is 2.66. The van der Waals surface area contributed by atoms with E-state index in [0.29, 0.717) is 24.2 Å². The lowest BCUT2D eigenvalue weighted by Crippen LogP contribution is -2.53. The van der Waals surface area contributed by atoms with Gasteiger partial charge in [-0.15, -0.1) is 0 Å². The third-order valence-electron chi connectivity index (χ3n) is 8.08. The van der Waals surface area contributed by atoms with Gasteiger partial charge in [-0.05, 0) is 68.3 Å². The minimum absolute atomic E-state index is 0.0735. The Balaban J connectivity index is 1.73. The quantitative estimate of drug-likeness (QED) is 0.685.